The average Bonchev–Trinajstić information content (AvgIpc) is 2.86. The fourth-order valence-electron chi connectivity index (χ4n) is 3.12. The van der Waals surface area contributed by atoms with Crippen molar-refractivity contribution in [3.05, 3.63) is 35.4 Å². The number of ether oxygens (including phenoxy) is 1. The van der Waals surface area contributed by atoms with E-state index < -0.39 is 53.6 Å². The van der Waals surface area contributed by atoms with E-state index in [4.69, 9.17) is 0 Å². The number of carbonyl (C=O) groups is 4. The van der Waals surface area contributed by atoms with E-state index in [0.29, 0.717) is 11.3 Å². The van der Waals surface area contributed by atoms with Crippen LogP contribution in [0.2, 0.25) is 0 Å². The Morgan fingerprint density at radius 3 is 2.52 bits per heavy atom. The molecule has 1 aliphatic rings. The summed E-state index contributed by atoms with van der Waals surface area (Å²) in [5.41, 5.74) is -2.23. The predicted molar refractivity (Wildman–Crippen MR) is 97.4 cm³/mol. The molecule has 2 rings (SSSR count). The lowest BCUT2D eigenvalue weighted by Gasteiger charge is -2.23. The minimum absolute atomic E-state index is 0.0651. The van der Waals surface area contributed by atoms with Crippen LogP contribution in [0.1, 0.15) is 32.8 Å². The van der Waals surface area contributed by atoms with Crippen molar-refractivity contribution in [2.24, 2.45) is 5.92 Å². The summed E-state index contributed by atoms with van der Waals surface area (Å²) in [6, 6.07) is 0.663. The van der Waals surface area contributed by atoms with E-state index in [1.165, 1.54) is 14.0 Å². The van der Waals surface area contributed by atoms with Crippen molar-refractivity contribution < 1.29 is 32.7 Å². The first-order valence-corrected chi connectivity index (χ1v) is 8.96. The fourth-order valence-corrected chi connectivity index (χ4v) is 3.12. The number of esters is 1. The fraction of sp³-hybridized carbons (Fsp3) is 0.474. The van der Waals surface area contributed by atoms with Gasteiger partial charge in [0.15, 0.2) is 0 Å². The Labute approximate surface area is 166 Å². The number of hydrogen-bond donors (Lipinski definition) is 2. The van der Waals surface area contributed by atoms with Gasteiger partial charge in [0.25, 0.3) is 5.91 Å². The Hall–Kier alpha value is -3.04. The van der Waals surface area contributed by atoms with Crippen molar-refractivity contribution in [2.75, 3.05) is 13.7 Å². The first kappa shape index (κ1) is 22.3. The molecule has 1 aliphatic heterocycles. The van der Waals surface area contributed by atoms with Crippen molar-refractivity contribution in [1.29, 1.82) is 0 Å². The summed E-state index contributed by atoms with van der Waals surface area (Å²) in [5.74, 6) is -3.94. The van der Waals surface area contributed by atoms with E-state index in [0.717, 1.165) is 18.2 Å². The minimum Gasteiger partial charge on any atom is -0.467 e. The number of hydrogen-bond acceptors (Lipinski definition) is 5. The summed E-state index contributed by atoms with van der Waals surface area (Å²) >= 11 is 0. The highest BCUT2D eigenvalue weighted by molar-refractivity contribution is 6.09. The second-order valence-electron chi connectivity index (χ2n) is 7.34. The maximum atomic E-state index is 14.2. The normalized spacial score (nSPS) is 19.9. The number of urea groups is 1. The van der Waals surface area contributed by atoms with Crippen molar-refractivity contribution in [3.63, 3.8) is 0 Å². The van der Waals surface area contributed by atoms with Gasteiger partial charge in [0.2, 0.25) is 5.91 Å². The van der Waals surface area contributed by atoms with Crippen LogP contribution in [0.15, 0.2) is 18.2 Å². The van der Waals surface area contributed by atoms with Crippen molar-refractivity contribution in [3.8, 4) is 0 Å². The summed E-state index contributed by atoms with van der Waals surface area (Å²) in [6.07, 6.45) is 0.296. The average molecular weight is 411 g/mol. The van der Waals surface area contributed by atoms with Gasteiger partial charge in [-0.3, -0.25) is 14.5 Å². The summed E-state index contributed by atoms with van der Waals surface area (Å²) in [5, 5.41) is 4.73. The second kappa shape index (κ2) is 8.54. The number of amides is 4. The van der Waals surface area contributed by atoms with Crippen LogP contribution < -0.4 is 10.6 Å². The van der Waals surface area contributed by atoms with E-state index in [-0.39, 0.29) is 11.5 Å². The number of benzene rings is 1. The maximum Gasteiger partial charge on any atom is 0.328 e. The molecule has 1 aromatic rings. The third-order valence-electron chi connectivity index (χ3n) is 4.57. The van der Waals surface area contributed by atoms with Crippen molar-refractivity contribution >= 4 is 23.8 Å². The van der Waals surface area contributed by atoms with Gasteiger partial charge in [-0.05, 0) is 37.5 Å². The Balaban J connectivity index is 2.18. The topological polar surface area (TPSA) is 105 Å². The van der Waals surface area contributed by atoms with Crippen LogP contribution in [0.5, 0.6) is 0 Å². The molecule has 10 heteroatoms. The van der Waals surface area contributed by atoms with Gasteiger partial charge in [-0.25, -0.2) is 18.4 Å². The Morgan fingerprint density at radius 2 is 1.93 bits per heavy atom. The van der Waals surface area contributed by atoms with Crippen molar-refractivity contribution in [2.45, 2.75) is 38.8 Å². The van der Waals surface area contributed by atoms with Gasteiger partial charge in [0.1, 0.15) is 29.8 Å². The highest BCUT2D eigenvalue weighted by Gasteiger charge is 2.51. The molecule has 0 unspecified atom stereocenters. The monoisotopic (exact) mass is 411 g/mol. The predicted octanol–water partition coefficient (Wildman–Crippen LogP) is 1.44. The molecule has 2 N–H and O–H groups in total. The number of imide groups is 1. The molecule has 1 aromatic carbocycles. The molecule has 4 amide bonds. The summed E-state index contributed by atoms with van der Waals surface area (Å²) in [7, 11) is 1.18. The zero-order valence-corrected chi connectivity index (χ0v) is 16.5. The summed E-state index contributed by atoms with van der Waals surface area (Å²) in [6.45, 7) is 4.22. The Morgan fingerprint density at radius 1 is 1.28 bits per heavy atom. The Kier molecular flexibility index (Phi) is 6.55. The molecule has 0 saturated carbocycles. The SMILES string of the molecule is COC(=O)[C@H](CC(C)C)NC(=O)CN1C(=O)N[C@@](C)(c2cc(F)ccc2F)C1=O. The number of nitrogens with zero attached hydrogens (tertiary/aromatic N) is 1. The molecule has 0 aromatic heterocycles. The van der Waals surface area contributed by atoms with Crippen LogP contribution in [0.25, 0.3) is 0 Å². The second-order valence-corrected chi connectivity index (χ2v) is 7.34. The lowest BCUT2D eigenvalue weighted by atomic mass is 9.91. The molecule has 8 nitrogen and oxygen atoms in total. The van der Waals surface area contributed by atoms with E-state index >= 15 is 0 Å². The molecule has 158 valence electrons. The minimum atomic E-state index is -1.87. The molecule has 0 bridgehead atoms. The molecule has 0 radical (unpaired) electrons. The first-order chi connectivity index (χ1) is 13.5. The lowest BCUT2D eigenvalue weighted by molar-refractivity contribution is -0.145. The van der Waals surface area contributed by atoms with Crippen molar-refractivity contribution in [1.82, 2.24) is 15.5 Å². The third kappa shape index (κ3) is 4.69. The number of rotatable bonds is 7. The van der Waals surface area contributed by atoms with Crippen LogP contribution in [-0.2, 0) is 24.7 Å². The third-order valence-corrected chi connectivity index (χ3v) is 4.57. The molecule has 0 aliphatic carbocycles. The van der Waals surface area contributed by atoms with Crippen LogP contribution in [0, 0.1) is 17.6 Å². The quantitative estimate of drug-likeness (QED) is 0.522. The van der Waals surface area contributed by atoms with E-state index in [1.54, 1.807) is 0 Å². The van der Waals surface area contributed by atoms with Gasteiger partial charge in [-0.2, -0.15) is 0 Å². The van der Waals surface area contributed by atoms with Crippen LogP contribution in [0.4, 0.5) is 13.6 Å². The van der Waals surface area contributed by atoms with Gasteiger partial charge in [0.05, 0.1) is 7.11 Å². The van der Waals surface area contributed by atoms with Crippen LogP contribution in [-0.4, -0.2) is 48.4 Å². The number of methoxy groups -OCH3 is 1. The van der Waals surface area contributed by atoms with Crippen LogP contribution >= 0.6 is 0 Å². The zero-order valence-electron chi connectivity index (χ0n) is 16.5. The number of nitrogens with one attached hydrogen (secondary N) is 2. The molecule has 1 saturated heterocycles. The van der Waals surface area contributed by atoms with Gasteiger partial charge in [0, 0.05) is 5.56 Å². The maximum absolute atomic E-state index is 14.2. The molecule has 2 atom stereocenters. The van der Waals surface area contributed by atoms with E-state index in [9.17, 15) is 28.0 Å². The molecular weight excluding hydrogens is 388 g/mol. The highest BCUT2D eigenvalue weighted by Crippen LogP contribution is 2.31. The van der Waals surface area contributed by atoms with Gasteiger partial charge in [-0.1, -0.05) is 13.8 Å². The van der Waals surface area contributed by atoms with Gasteiger partial charge in [-0.15, -0.1) is 0 Å². The number of halogens is 2. The smallest absolute Gasteiger partial charge is 0.328 e. The molecular formula is C19H23F2N3O5. The zero-order chi connectivity index (χ0) is 21.9. The standard InChI is InChI=1S/C19H23F2N3O5/c1-10(2)7-14(16(26)29-4)22-15(25)9-24-17(27)19(3,23-18(24)28)12-8-11(20)5-6-13(12)21/h5-6,8,10,14H,7,9H2,1-4H3,(H,22,25)(H,23,28)/t14-,19-/m0/s1. The molecule has 0 spiro atoms. The summed E-state index contributed by atoms with van der Waals surface area (Å²) in [4.78, 5) is 49.8. The molecule has 1 fully saturated rings. The van der Waals surface area contributed by atoms with Gasteiger partial charge < -0.3 is 15.4 Å². The Bertz CT molecular complexity index is 845. The summed E-state index contributed by atoms with van der Waals surface area (Å²) < 4.78 is 32.4. The first-order valence-electron chi connectivity index (χ1n) is 8.96. The van der Waals surface area contributed by atoms with E-state index in [2.05, 4.69) is 15.4 Å². The number of carbonyl (C=O) groups excluding carboxylic acids is 4. The largest absolute Gasteiger partial charge is 0.467 e. The molecule has 29 heavy (non-hydrogen) atoms. The lowest BCUT2D eigenvalue weighted by Crippen LogP contribution is -2.48. The van der Waals surface area contributed by atoms with Gasteiger partial charge >= 0.3 is 12.0 Å². The van der Waals surface area contributed by atoms with E-state index in [1.807, 2.05) is 13.8 Å². The molecule has 1 heterocycles. The van der Waals surface area contributed by atoms with Crippen LogP contribution in [0.3, 0.4) is 0 Å². The highest BCUT2D eigenvalue weighted by atomic mass is 19.1.